The Labute approximate surface area is 66.8 Å². The molecule has 1 aliphatic heterocycles. The molecule has 0 aromatic rings. The van der Waals surface area contributed by atoms with Gasteiger partial charge in [0.15, 0.2) is 0 Å². The number of likely N-dealkylation sites (N-methyl/N-ethyl adjacent to an activating group) is 1. The van der Waals surface area contributed by atoms with Gasteiger partial charge in [0.25, 0.3) is 0 Å². The number of nitrogens with zero attached hydrogens (tertiary/aromatic N) is 1. The minimum atomic E-state index is 0.171. The number of carbonyl (C=O) groups is 1. The normalized spacial score (nSPS) is 29.7. The van der Waals surface area contributed by atoms with Gasteiger partial charge in [-0.1, -0.05) is 0 Å². The molecule has 1 aliphatic carbocycles. The Bertz CT molecular complexity index is 187. The van der Waals surface area contributed by atoms with Crippen molar-refractivity contribution in [3.05, 3.63) is 0 Å². The van der Waals surface area contributed by atoms with Crippen LogP contribution in [-0.2, 0) is 4.79 Å². The lowest BCUT2D eigenvalue weighted by Gasteiger charge is -2.48. The number of hydrogen-bond donors (Lipinski definition) is 1. The summed E-state index contributed by atoms with van der Waals surface area (Å²) in [6, 6.07) is 0. The average molecular weight is 154 g/mol. The van der Waals surface area contributed by atoms with E-state index in [-0.39, 0.29) is 11.4 Å². The van der Waals surface area contributed by atoms with Gasteiger partial charge in [0.05, 0.1) is 12.1 Å². The van der Waals surface area contributed by atoms with Gasteiger partial charge in [0, 0.05) is 6.54 Å². The van der Waals surface area contributed by atoms with E-state index in [4.69, 9.17) is 0 Å². The monoisotopic (exact) mass is 154 g/mol. The fourth-order valence-electron chi connectivity index (χ4n) is 2.08. The van der Waals surface area contributed by atoms with E-state index in [2.05, 4.69) is 10.2 Å². The van der Waals surface area contributed by atoms with Crippen LogP contribution in [-0.4, -0.2) is 36.5 Å². The predicted molar refractivity (Wildman–Crippen MR) is 42.2 cm³/mol. The zero-order chi connectivity index (χ0) is 7.90. The van der Waals surface area contributed by atoms with E-state index in [1.807, 2.05) is 7.05 Å². The molecule has 0 radical (unpaired) electrons. The third kappa shape index (κ3) is 1.13. The van der Waals surface area contributed by atoms with Crippen molar-refractivity contribution in [2.75, 3.05) is 20.1 Å². The molecule has 0 unspecified atom stereocenters. The Morgan fingerprint density at radius 2 is 2.27 bits per heavy atom. The number of carbonyl (C=O) groups excluding carboxylic acids is 1. The van der Waals surface area contributed by atoms with Crippen LogP contribution in [0.1, 0.15) is 19.3 Å². The lowest BCUT2D eigenvalue weighted by Crippen LogP contribution is -2.65. The highest BCUT2D eigenvalue weighted by atomic mass is 16.2. The van der Waals surface area contributed by atoms with Crippen molar-refractivity contribution in [2.45, 2.75) is 24.8 Å². The lowest BCUT2D eigenvalue weighted by atomic mass is 9.75. The summed E-state index contributed by atoms with van der Waals surface area (Å²) < 4.78 is 0. The Hall–Kier alpha value is -0.570. The molecule has 0 atom stereocenters. The largest absolute Gasteiger partial charge is 0.348 e. The van der Waals surface area contributed by atoms with Gasteiger partial charge in [-0.25, -0.2) is 0 Å². The van der Waals surface area contributed by atoms with Crippen molar-refractivity contribution in [1.82, 2.24) is 10.2 Å². The maximum Gasteiger partial charge on any atom is 0.234 e. The molecule has 0 aromatic heterocycles. The van der Waals surface area contributed by atoms with Gasteiger partial charge in [-0.2, -0.15) is 0 Å². The van der Waals surface area contributed by atoms with E-state index in [0.29, 0.717) is 6.54 Å². The molecule has 62 valence electrons. The van der Waals surface area contributed by atoms with E-state index in [0.717, 1.165) is 6.54 Å². The molecule has 3 heteroatoms. The van der Waals surface area contributed by atoms with E-state index >= 15 is 0 Å². The van der Waals surface area contributed by atoms with Crippen molar-refractivity contribution in [2.24, 2.45) is 0 Å². The van der Waals surface area contributed by atoms with Crippen LogP contribution in [0.4, 0.5) is 0 Å². The van der Waals surface area contributed by atoms with Crippen LogP contribution in [0.15, 0.2) is 0 Å². The molecule has 2 fully saturated rings. The second-order valence-corrected chi connectivity index (χ2v) is 3.85. The predicted octanol–water partition coefficient (Wildman–Crippen LogP) is -0.0293. The summed E-state index contributed by atoms with van der Waals surface area (Å²) in [5, 5.41) is 3.08. The molecule has 1 saturated heterocycles. The highest BCUT2D eigenvalue weighted by Crippen LogP contribution is 2.33. The number of rotatable bonds is 0. The van der Waals surface area contributed by atoms with E-state index in [1.54, 1.807) is 0 Å². The first kappa shape index (κ1) is 7.10. The summed E-state index contributed by atoms with van der Waals surface area (Å²) in [6.45, 7) is 1.61. The van der Waals surface area contributed by atoms with Gasteiger partial charge < -0.3 is 5.32 Å². The second-order valence-electron chi connectivity index (χ2n) is 3.85. The molecule has 1 N–H and O–H groups in total. The Morgan fingerprint density at radius 3 is 2.73 bits per heavy atom. The lowest BCUT2D eigenvalue weighted by molar-refractivity contribution is -0.129. The van der Waals surface area contributed by atoms with Crippen LogP contribution in [0.25, 0.3) is 0 Å². The van der Waals surface area contributed by atoms with Crippen molar-refractivity contribution < 1.29 is 4.79 Å². The zero-order valence-electron chi connectivity index (χ0n) is 6.89. The number of amides is 1. The molecule has 2 aliphatic rings. The summed E-state index contributed by atoms with van der Waals surface area (Å²) in [4.78, 5) is 13.2. The fraction of sp³-hybridized carbons (Fsp3) is 0.875. The first-order valence-corrected chi connectivity index (χ1v) is 4.20. The summed E-state index contributed by atoms with van der Waals surface area (Å²) in [6.07, 6.45) is 3.61. The Balaban J connectivity index is 2.06. The molecular weight excluding hydrogens is 140 g/mol. The third-order valence-corrected chi connectivity index (χ3v) is 2.70. The van der Waals surface area contributed by atoms with Crippen LogP contribution in [0, 0.1) is 0 Å². The molecule has 11 heavy (non-hydrogen) atoms. The first-order chi connectivity index (χ1) is 5.20. The average Bonchev–Trinajstić information content (AvgIpc) is 1.82. The molecule has 3 nitrogen and oxygen atoms in total. The Kier molecular flexibility index (Phi) is 1.42. The van der Waals surface area contributed by atoms with Gasteiger partial charge in [-0.05, 0) is 26.3 Å². The third-order valence-electron chi connectivity index (χ3n) is 2.70. The van der Waals surface area contributed by atoms with Gasteiger partial charge in [0.2, 0.25) is 5.91 Å². The molecule has 1 heterocycles. The number of hydrogen-bond acceptors (Lipinski definition) is 2. The van der Waals surface area contributed by atoms with E-state index in [9.17, 15) is 4.79 Å². The molecule has 1 spiro atoms. The van der Waals surface area contributed by atoms with Crippen LogP contribution < -0.4 is 5.32 Å². The molecule has 0 aromatic carbocycles. The summed E-state index contributed by atoms with van der Waals surface area (Å²) in [5.74, 6) is 0.193. The molecule has 1 amide bonds. The maximum atomic E-state index is 11.1. The quantitative estimate of drug-likeness (QED) is 0.531. The Morgan fingerprint density at radius 1 is 1.55 bits per heavy atom. The van der Waals surface area contributed by atoms with Crippen LogP contribution in [0.5, 0.6) is 0 Å². The van der Waals surface area contributed by atoms with Crippen LogP contribution in [0.3, 0.4) is 0 Å². The standard InChI is InChI=1S/C8H14N2O/c1-10-5-7(11)9-8(6-10)3-2-4-8/h2-6H2,1H3,(H,9,11). The fourth-order valence-corrected chi connectivity index (χ4v) is 2.08. The van der Waals surface area contributed by atoms with E-state index < -0.39 is 0 Å². The minimum absolute atomic E-state index is 0.171. The maximum absolute atomic E-state index is 11.1. The highest BCUT2D eigenvalue weighted by molar-refractivity contribution is 5.80. The zero-order valence-corrected chi connectivity index (χ0v) is 6.89. The topological polar surface area (TPSA) is 32.3 Å². The van der Waals surface area contributed by atoms with Gasteiger partial charge in [-0.15, -0.1) is 0 Å². The van der Waals surface area contributed by atoms with Crippen molar-refractivity contribution in [3.63, 3.8) is 0 Å². The summed E-state index contributed by atoms with van der Waals surface area (Å²) in [7, 11) is 2.01. The van der Waals surface area contributed by atoms with Crippen molar-refractivity contribution in [3.8, 4) is 0 Å². The van der Waals surface area contributed by atoms with Gasteiger partial charge in [-0.3, -0.25) is 9.69 Å². The number of nitrogens with one attached hydrogen (secondary N) is 1. The molecular formula is C8H14N2O. The van der Waals surface area contributed by atoms with Crippen LogP contribution in [0.2, 0.25) is 0 Å². The second kappa shape index (κ2) is 2.21. The first-order valence-electron chi connectivity index (χ1n) is 4.20. The molecule has 1 saturated carbocycles. The molecule has 2 rings (SSSR count). The number of piperazine rings is 1. The summed E-state index contributed by atoms with van der Waals surface area (Å²) in [5.41, 5.74) is 0.171. The van der Waals surface area contributed by atoms with E-state index in [1.165, 1.54) is 19.3 Å². The smallest absolute Gasteiger partial charge is 0.234 e. The van der Waals surface area contributed by atoms with Crippen molar-refractivity contribution in [1.29, 1.82) is 0 Å². The van der Waals surface area contributed by atoms with Crippen molar-refractivity contribution >= 4 is 5.91 Å². The van der Waals surface area contributed by atoms with Gasteiger partial charge in [0.1, 0.15) is 0 Å². The molecule has 0 bridgehead atoms. The summed E-state index contributed by atoms with van der Waals surface area (Å²) >= 11 is 0. The minimum Gasteiger partial charge on any atom is -0.348 e. The highest BCUT2D eigenvalue weighted by Gasteiger charge is 2.41. The van der Waals surface area contributed by atoms with Crippen LogP contribution >= 0.6 is 0 Å². The van der Waals surface area contributed by atoms with Gasteiger partial charge >= 0.3 is 0 Å². The SMILES string of the molecule is CN1CC(=O)NC2(CCC2)C1.